The minimum absolute atomic E-state index is 0.450. The Morgan fingerprint density at radius 2 is 1.67 bits per heavy atom. The Morgan fingerprint density at radius 3 is 2.53 bits per heavy atom. The summed E-state index contributed by atoms with van der Waals surface area (Å²) >= 11 is 0. The molecular weight excluding hydrogens is 190 g/mol. The molecule has 0 bridgehead atoms. The second-order valence-corrected chi connectivity index (χ2v) is 3.64. The van der Waals surface area contributed by atoms with Crippen molar-refractivity contribution in [1.82, 2.24) is 4.98 Å². The van der Waals surface area contributed by atoms with Gasteiger partial charge in [-0.25, -0.2) is 0 Å². The summed E-state index contributed by atoms with van der Waals surface area (Å²) in [6.45, 7) is 0. The summed E-state index contributed by atoms with van der Waals surface area (Å²) in [7, 11) is 0. The zero-order chi connectivity index (χ0) is 10.5. The van der Waals surface area contributed by atoms with E-state index in [4.69, 9.17) is 0 Å². The molecule has 2 N–H and O–H groups in total. The maximum Gasteiger partial charge on any atom is 0.220 e. The molecule has 0 unspecified atom stereocenters. The van der Waals surface area contributed by atoms with Gasteiger partial charge < -0.3 is 10.2 Å². The maximum absolute atomic E-state index is 10.0. The van der Waals surface area contributed by atoms with Crippen molar-refractivity contribution in [3.63, 3.8) is 0 Å². The van der Waals surface area contributed by atoms with Gasteiger partial charge in [0.2, 0.25) is 5.79 Å². The number of aliphatic hydroxyl groups is 2. The van der Waals surface area contributed by atoms with Crippen molar-refractivity contribution in [2.24, 2.45) is 0 Å². The van der Waals surface area contributed by atoms with Gasteiger partial charge in [0.05, 0.1) is 0 Å². The summed E-state index contributed by atoms with van der Waals surface area (Å²) in [6, 6.07) is 9.06. The molecule has 0 saturated heterocycles. The Labute approximate surface area is 86.7 Å². The molecule has 3 nitrogen and oxygen atoms in total. The zero-order valence-electron chi connectivity index (χ0n) is 7.88. The first kappa shape index (κ1) is 8.59. The third kappa shape index (κ3) is 0.988. The van der Waals surface area contributed by atoms with Gasteiger partial charge in [-0.05, 0) is 17.2 Å². The standard InChI is InChI=1S/C12H9NO2/c14-12(15)10-4-2-1-3-8(10)9-5-6-13-7-11(9)12/h1-7,14-15H. The largest absolute Gasteiger partial charge is 0.358 e. The van der Waals surface area contributed by atoms with Crippen molar-refractivity contribution in [2.45, 2.75) is 5.79 Å². The first-order valence-electron chi connectivity index (χ1n) is 4.70. The van der Waals surface area contributed by atoms with E-state index >= 15 is 0 Å². The van der Waals surface area contributed by atoms with Crippen LogP contribution in [-0.4, -0.2) is 15.2 Å². The molecule has 0 amide bonds. The van der Waals surface area contributed by atoms with Gasteiger partial charge in [-0.2, -0.15) is 0 Å². The maximum atomic E-state index is 10.0. The van der Waals surface area contributed by atoms with Crippen LogP contribution in [0.2, 0.25) is 0 Å². The molecule has 15 heavy (non-hydrogen) atoms. The van der Waals surface area contributed by atoms with E-state index in [2.05, 4.69) is 4.98 Å². The molecule has 3 heteroatoms. The van der Waals surface area contributed by atoms with E-state index < -0.39 is 5.79 Å². The van der Waals surface area contributed by atoms with Gasteiger partial charge in [0.15, 0.2) is 0 Å². The molecule has 0 spiro atoms. The highest BCUT2D eigenvalue weighted by atomic mass is 16.5. The second-order valence-electron chi connectivity index (χ2n) is 3.64. The summed E-state index contributed by atoms with van der Waals surface area (Å²) in [5, 5.41) is 20.0. The fourth-order valence-electron chi connectivity index (χ4n) is 2.07. The van der Waals surface area contributed by atoms with Crippen LogP contribution < -0.4 is 0 Å². The molecule has 0 fully saturated rings. The average molecular weight is 199 g/mol. The van der Waals surface area contributed by atoms with Crippen LogP contribution in [0.5, 0.6) is 0 Å². The third-order valence-corrected chi connectivity index (χ3v) is 2.79. The fourth-order valence-corrected chi connectivity index (χ4v) is 2.07. The van der Waals surface area contributed by atoms with Crippen LogP contribution in [0.4, 0.5) is 0 Å². The number of benzene rings is 1. The number of hydrogen-bond acceptors (Lipinski definition) is 3. The lowest BCUT2D eigenvalue weighted by Gasteiger charge is -2.17. The molecule has 1 aromatic heterocycles. The van der Waals surface area contributed by atoms with Gasteiger partial charge in [-0.1, -0.05) is 24.3 Å². The Bertz CT molecular complexity index is 487. The number of aromatic nitrogens is 1. The van der Waals surface area contributed by atoms with Crippen molar-refractivity contribution < 1.29 is 10.2 Å². The number of fused-ring (bicyclic) bond motifs is 3. The van der Waals surface area contributed by atoms with Crippen LogP contribution in [0.15, 0.2) is 42.7 Å². The predicted molar refractivity (Wildman–Crippen MR) is 54.9 cm³/mol. The molecule has 1 aliphatic rings. The second kappa shape index (κ2) is 2.66. The smallest absolute Gasteiger partial charge is 0.220 e. The number of nitrogens with zero attached hydrogens (tertiary/aromatic N) is 1. The lowest BCUT2D eigenvalue weighted by Crippen LogP contribution is -2.23. The van der Waals surface area contributed by atoms with E-state index in [-0.39, 0.29) is 0 Å². The first-order chi connectivity index (χ1) is 7.21. The molecule has 0 saturated carbocycles. The zero-order valence-corrected chi connectivity index (χ0v) is 7.88. The molecule has 3 rings (SSSR count). The van der Waals surface area contributed by atoms with Gasteiger partial charge in [-0.3, -0.25) is 4.98 Å². The predicted octanol–water partition coefficient (Wildman–Crippen LogP) is 1.25. The van der Waals surface area contributed by atoms with Crippen LogP contribution in [0.25, 0.3) is 11.1 Å². The highest BCUT2D eigenvalue weighted by molar-refractivity contribution is 5.78. The van der Waals surface area contributed by atoms with Crippen molar-refractivity contribution >= 4 is 0 Å². The molecule has 1 heterocycles. The van der Waals surface area contributed by atoms with E-state index in [0.717, 1.165) is 11.1 Å². The van der Waals surface area contributed by atoms with E-state index in [1.165, 1.54) is 6.20 Å². The number of hydrogen-bond donors (Lipinski definition) is 2. The van der Waals surface area contributed by atoms with Gasteiger partial charge in [-0.15, -0.1) is 0 Å². The van der Waals surface area contributed by atoms with Crippen molar-refractivity contribution in [3.8, 4) is 11.1 Å². The lowest BCUT2D eigenvalue weighted by atomic mass is 10.1. The minimum atomic E-state index is -1.90. The van der Waals surface area contributed by atoms with Gasteiger partial charge in [0.1, 0.15) is 0 Å². The topological polar surface area (TPSA) is 53.4 Å². The molecule has 0 aliphatic heterocycles. The number of pyridine rings is 1. The summed E-state index contributed by atoms with van der Waals surface area (Å²) in [6.07, 6.45) is 3.15. The van der Waals surface area contributed by atoms with Gasteiger partial charge >= 0.3 is 0 Å². The molecule has 1 aromatic carbocycles. The van der Waals surface area contributed by atoms with E-state index in [1.807, 2.05) is 12.1 Å². The summed E-state index contributed by atoms with van der Waals surface area (Å²) in [4.78, 5) is 3.92. The molecular formula is C12H9NO2. The summed E-state index contributed by atoms with van der Waals surface area (Å²) in [5.74, 6) is -1.90. The fraction of sp³-hybridized carbons (Fsp3) is 0.0833. The van der Waals surface area contributed by atoms with Crippen LogP contribution in [0, 0.1) is 0 Å². The van der Waals surface area contributed by atoms with Crippen molar-refractivity contribution in [1.29, 1.82) is 0 Å². The van der Waals surface area contributed by atoms with Crippen LogP contribution in [-0.2, 0) is 5.79 Å². The number of rotatable bonds is 0. The Hall–Kier alpha value is -1.71. The first-order valence-corrected chi connectivity index (χ1v) is 4.70. The van der Waals surface area contributed by atoms with E-state index in [0.29, 0.717) is 11.1 Å². The summed E-state index contributed by atoms with van der Waals surface area (Å²) in [5.41, 5.74) is 2.67. The Morgan fingerprint density at radius 1 is 0.933 bits per heavy atom. The van der Waals surface area contributed by atoms with Gasteiger partial charge in [0.25, 0.3) is 0 Å². The Kier molecular flexibility index (Phi) is 1.52. The minimum Gasteiger partial charge on any atom is -0.358 e. The molecule has 0 atom stereocenters. The molecule has 74 valence electrons. The van der Waals surface area contributed by atoms with Crippen LogP contribution >= 0.6 is 0 Å². The van der Waals surface area contributed by atoms with E-state index in [9.17, 15) is 10.2 Å². The molecule has 2 aromatic rings. The average Bonchev–Trinajstić information content (AvgIpc) is 2.51. The van der Waals surface area contributed by atoms with E-state index in [1.54, 1.807) is 24.4 Å². The van der Waals surface area contributed by atoms with Gasteiger partial charge in [0, 0.05) is 23.5 Å². The summed E-state index contributed by atoms with van der Waals surface area (Å²) < 4.78 is 0. The highest BCUT2D eigenvalue weighted by Crippen LogP contribution is 2.44. The quantitative estimate of drug-likeness (QED) is 0.628. The van der Waals surface area contributed by atoms with Crippen molar-refractivity contribution in [3.05, 3.63) is 53.9 Å². The third-order valence-electron chi connectivity index (χ3n) is 2.79. The Balaban J connectivity index is 2.42. The highest BCUT2D eigenvalue weighted by Gasteiger charge is 2.39. The SMILES string of the molecule is OC1(O)c2ccccc2-c2ccncc21. The monoisotopic (exact) mass is 199 g/mol. The van der Waals surface area contributed by atoms with Crippen LogP contribution in [0.1, 0.15) is 11.1 Å². The molecule has 1 aliphatic carbocycles. The van der Waals surface area contributed by atoms with Crippen molar-refractivity contribution in [2.75, 3.05) is 0 Å². The molecule has 0 radical (unpaired) electrons. The lowest BCUT2D eigenvalue weighted by molar-refractivity contribution is -0.128. The normalized spacial score (nSPS) is 15.9. The van der Waals surface area contributed by atoms with Crippen LogP contribution in [0.3, 0.4) is 0 Å².